The van der Waals surface area contributed by atoms with Crippen LogP contribution in [0.25, 0.3) is 0 Å². The summed E-state index contributed by atoms with van der Waals surface area (Å²) in [4.78, 5) is 17.1. The second kappa shape index (κ2) is 6.24. The maximum Gasteiger partial charge on any atom is 0.290 e. The summed E-state index contributed by atoms with van der Waals surface area (Å²) in [6, 6.07) is 9.96. The third-order valence-corrected chi connectivity index (χ3v) is 4.31. The zero-order valence-corrected chi connectivity index (χ0v) is 13.2. The second-order valence-corrected chi connectivity index (χ2v) is 5.68. The van der Waals surface area contributed by atoms with Crippen molar-refractivity contribution in [2.75, 3.05) is 18.6 Å². The molecule has 3 rings (SSSR count). The van der Waals surface area contributed by atoms with E-state index in [0.717, 1.165) is 36.5 Å². The summed E-state index contributed by atoms with van der Waals surface area (Å²) >= 11 is 0. The van der Waals surface area contributed by atoms with E-state index in [2.05, 4.69) is 16.0 Å². The molecule has 2 aromatic rings. The molecule has 1 aromatic heterocycles. The molecule has 1 saturated heterocycles. The number of nitrogens with zero attached hydrogens (tertiary/aromatic N) is 3. The van der Waals surface area contributed by atoms with Crippen LogP contribution < -0.4 is 9.64 Å². The Morgan fingerprint density at radius 1 is 1.39 bits per heavy atom. The van der Waals surface area contributed by atoms with E-state index in [1.807, 2.05) is 18.2 Å². The molecule has 6 heteroatoms. The number of para-hydroxylation sites is 1. The molecule has 1 atom stereocenters. The maximum atomic E-state index is 11.0. The van der Waals surface area contributed by atoms with Crippen LogP contribution in [0.1, 0.15) is 30.0 Å². The average Bonchev–Trinajstić information content (AvgIpc) is 3.03. The molecule has 0 radical (unpaired) electrons. The largest absolute Gasteiger partial charge is 0.496 e. The van der Waals surface area contributed by atoms with E-state index in [1.54, 1.807) is 20.1 Å². The van der Waals surface area contributed by atoms with Crippen molar-refractivity contribution in [3.63, 3.8) is 0 Å². The van der Waals surface area contributed by atoms with Crippen LogP contribution in [0.15, 0.2) is 36.5 Å². The molecule has 0 saturated carbocycles. The van der Waals surface area contributed by atoms with Gasteiger partial charge in [-0.2, -0.15) is 0 Å². The van der Waals surface area contributed by atoms with Crippen molar-refractivity contribution >= 4 is 11.5 Å². The molecular weight excluding hydrogens is 294 g/mol. The van der Waals surface area contributed by atoms with E-state index in [0.29, 0.717) is 5.56 Å². The number of ether oxygens (including phenoxy) is 1. The molecule has 6 nitrogen and oxygen atoms in total. The average molecular weight is 313 g/mol. The third kappa shape index (κ3) is 2.84. The van der Waals surface area contributed by atoms with Crippen LogP contribution >= 0.6 is 0 Å². The molecule has 0 N–H and O–H groups in total. The molecule has 1 aromatic carbocycles. The molecular formula is C17H19N3O3. The second-order valence-electron chi connectivity index (χ2n) is 5.68. The number of hydrogen-bond donors (Lipinski definition) is 0. The molecule has 120 valence electrons. The molecule has 0 aliphatic carbocycles. The van der Waals surface area contributed by atoms with Crippen LogP contribution in [0.5, 0.6) is 5.75 Å². The first kappa shape index (κ1) is 15.3. The highest BCUT2D eigenvalue weighted by Gasteiger charge is 2.29. The van der Waals surface area contributed by atoms with Crippen LogP contribution in [0.4, 0.5) is 11.5 Å². The van der Waals surface area contributed by atoms with Crippen molar-refractivity contribution in [1.82, 2.24) is 4.98 Å². The summed E-state index contributed by atoms with van der Waals surface area (Å²) in [7, 11) is 1.67. The summed E-state index contributed by atoms with van der Waals surface area (Å²) in [5.41, 5.74) is 1.82. The van der Waals surface area contributed by atoms with Gasteiger partial charge in [-0.05, 0) is 31.9 Å². The van der Waals surface area contributed by atoms with Crippen molar-refractivity contribution in [3.05, 3.63) is 57.8 Å². The minimum absolute atomic E-state index is 0.0572. The summed E-state index contributed by atoms with van der Waals surface area (Å²) in [6.45, 7) is 2.63. The van der Waals surface area contributed by atoms with E-state index in [4.69, 9.17) is 4.74 Å². The summed E-state index contributed by atoms with van der Waals surface area (Å²) in [5, 5.41) is 11.0. The fourth-order valence-electron chi connectivity index (χ4n) is 3.19. The smallest absolute Gasteiger partial charge is 0.290 e. The van der Waals surface area contributed by atoms with Crippen molar-refractivity contribution in [2.24, 2.45) is 0 Å². The van der Waals surface area contributed by atoms with Crippen molar-refractivity contribution in [1.29, 1.82) is 0 Å². The fraction of sp³-hybridized carbons (Fsp3) is 0.353. The minimum atomic E-state index is -0.395. The Kier molecular flexibility index (Phi) is 4.14. The Bertz CT molecular complexity index is 733. The number of aromatic nitrogens is 1. The summed E-state index contributed by atoms with van der Waals surface area (Å²) in [5.74, 6) is 1.64. The van der Waals surface area contributed by atoms with Crippen LogP contribution in [0.3, 0.4) is 0 Å². The predicted octanol–water partition coefficient (Wildman–Crippen LogP) is 3.65. The lowest BCUT2D eigenvalue weighted by molar-refractivity contribution is -0.385. The highest BCUT2D eigenvalue weighted by atomic mass is 16.6. The number of nitro groups is 1. The van der Waals surface area contributed by atoms with Gasteiger partial charge < -0.3 is 9.64 Å². The Hall–Kier alpha value is -2.63. The number of hydrogen-bond acceptors (Lipinski definition) is 5. The number of rotatable bonds is 4. The number of anilines is 1. The standard InChI is InChI=1S/C17H19N3O3/c1-12-10-17(18-11-15(12)20(21)22)19-9-5-7-14(19)13-6-3-4-8-16(13)23-2/h3-4,6,8,10-11,14H,5,7,9H2,1-2H3. The Morgan fingerprint density at radius 3 is 2.87 bits per heavy atom. The molecule has 1 unspecified atom stereocenters. The fourth-order valence-corrected chi connectivity index (χ4v) is 3.19. The van der Waals surface area contributed by atoms with E-state index < -0.39 is 4.92 Å². The molecule has 0 spiro atoms. The zero-order valence-electron chi connectivity index (χ0n) is 13.2. The van der Waals surface area contributed by atoms with Gasteiger partial charge in [0.25, 0.3) is 5.69 Å². The molecule has 23 heavy (non-hydrogen) atoms. The quantitative estimate of drug-likeness (QED) is 0.636. The highest BCUT2D eigenvalue weighted by Crippen LogP contribution is 2.39. The van der Waals surface area contributed by atoms with Gasteiger partial charge in [0.15, 0.2) is 0 Å². The van der Waals surface area contributed by atoms with E-state index in [-0.39, 0.29) is 11.7 Å². The monoisotopic (exact) mass is 313 g/mol. The van der Waals surface area contributed by atoms with E-state index in [1.165, 1.54) is 6.20 Å². The number of benzene rings is 1. The van der Waals surface area contributed by atoms with Crippen LogP contribution in [-0.2, 0) is 0 Å². The van der Waals surface area contributed by atoms with Gasteiger partial charge in [0.2, 0.25) is 0 Å². The van der Waals surface area contributed by atoms with Gasteiger partial charge in [-0.15, -0.1) is 0 Å². The summed E-state index contributed by atoms with van der Waals surface area (Å²) < 4.78 is 5.48. The molecule has 1 aliphatic rings. The maximum absolute atomic E-state index is 11.0. The predicted molar refractivity (Wildman–Crippen MR) is 87.9 cm³/mol. The van der Waals surface area contributed by atoms with Crippen LogP contribution in [0.2, 0.25) is 0 Å². The van der Waals surface area contributed by atoms with Gasteiger partial charge in [0.05, 0.1) is 18.1 Å². The van der Waals surface area contributed by atoms with Crippen LogP contribution in [-0.4, -0.2) is 23.6 Å². The van der Waals surface area contributed by atoms with E-state index >= 15 is 0 Å². The van der Waals surface area contributed by atoms with Crippen LogP contribution in [0, 0.1) is 17.0 Å². The first-order chi connectivity index (χ1) is 11.1. The van der Waals surface area contributed by atoms with Gasteiger partial charge in [-0.1, -0.05) is 18.2 Å². The molecule has 0 bridgehead atoms. The Labute approximate surface area is 134 Å². The topological polar surface area (TPSA) is 68.5 Å². The third-order valence-electron chi connectivity index (χ3n) is 4.31. The van der Waals surface area contributed by atoms with Crippen molar-refractivity contribution in [2.45, 2.75) is 25.8 Å². The molecule has 0 amide bonds. The normalized spacial score (nSPS) is 17.3. The Balaban J connectivity index is 1.96. The number of aryl methyl sites for hydroxylation is 1. The lowest BCUT2D eigenvalue weighted by Crippen LogP contribution is -2.24. The summed E-state index contributed by atoms with van der Waals surface area (Å²) in [6.07, 6.45) is 3.42. The van der Waals surface area contributed by atoms with Gasteiger partial charge >= 0.3 is 0 Å². The molecule has 1 fully saturated rings. The van der Waals surface area contributed by atoms with Gasteiger partial charge in [0.1, 0.15) is 17.8 Å². The van der Waals surface area contributed by atoms with Gasteiger partial charge in [0, 0.05) is 17.7 Å². The van der Waals surface area contributed by atoms with Crippen molar-refractivity contribution in [3.8, 4) is 5.75 Å². The minimum Gasteiger partial charge on any atom is -0.496 e. The van der Waals surface area contributed by atoms with Gasteiger partial charge in [-0.25, -0.2) is 4.98 Å². The number of pyridine rings is 1. The Morgan fingerprint density at radius 2 is 2.17 bits per heavy atom. The number of methoxy groups -OCH3 is 1. The first-order valence-electron chi connectivity index (χ1n) is 7.62. The SMILES string of the molecule is COc1ccccc1C1CCCN1c1cc(C)c([N+](=O)[O-])cn1. The lowest BCUT2D eigenvalue weighted by Gasteiger charge is -2.27. The first-order valence-corrected chi connectivity index (χ1v) is 7.62. The van der Waals surface area contributed by atoms with E-state index in [9.17, 15) is 10.1 Å². The lowest BCUT2D eigenvalue weighted by atomic mass is 10.0. The zero-order chi connectivity index (χ0) is 16.4. The molecule has 1 aliphatic heterocycles. The highest BCUT2D eigenvalue weighted by molar-refractivity contribution is 5.52. The van der Waals surface area contributed by atoms with Crippen molar-refractivity contribution < 1.29 is 9.66 Å². The van der Waals surface area contributed by atoms with Gasteiger partial charge in [-0.3, -0.25) is 10.1 Å². The molecule has 2 heterocycles.